The number of hydrogen-bond acceptors (Lipinski definition) is 5. The molecule has 1 atom stereocenters. The summed E-state index contributed by atoms with van der Waals surface area (Å²) < 4.78 is 5.02. The lowest BCUT2D eigenvalue weighted by Gasteiger charge is -2.17. The Kier molecular flexibility index (Phi) is 5.04. The zero-order chi connectivity index (χ0) is 16.1. The van der Waals surface area contributed by atoms with Crippen LogP contribution < -0.4 is 5.32 Å². The molecule has 1 aromatic carbocycles. The van der Waals surface area contributed by atoms with Gasteiger partial charge in [-0.2, -0.15) is 0 Å². The molecule has 0 saturated carbocycles. The fraction of sp³-hybridized carbons (Fsp3) is 0.375. The average molecular weight is 301 g/mol. The average Bonchev–Trinajstić information content (AvgIpc) is 2.52. The van der Waals surface area contributed by atoms with Crippen molar-refractivity contribution in [1.29, 1.82) is 0 Å². The Bertz CT molecular complexity index is 685. The summed E-state index contributed by atoms with van der Waals surface area (Å²) in [4.78, 5) is 31.9. The van der Waals surface area contributed by atoms with Crippen molar-refractivity contribution in [2.24, 2.45) is 5.92 Å². The van der Waals surface area contributed by atoms with Crippen molar-refractivity contribution in [3.8, 4) is 0 Å². The molecule has 1 aromatic heterocycles. The third-order valence-electron chi connectivity index (χ3n) is 3.43. The second-order valence-corrected chi connectivity index (χ2v) is 5.44. The predicted octanol–water partition coefficient (Wildman–Crippen LogP) is 1.95. The van der Waals surface area contributed by atoms with Gasteiger partial charge in [0.1, 0.15) is 0 Å². The van der Waals surface area contributed by atoms with Gasteiger partial charge >= 0.3 is 5.97 Å². The van der Waals surface area contributed by atoms with Crippen molar-refractivity contribution in [3.05, 3.63) is 36.2 Å². The third kappa shape index (κ3) is 4.00. The highest BCUT2D eigenvalue weighted by Crippen LogP contribution is 2.11. The van der Waals surface area contributed by atoms with Gasteiger partial charge in [-0.15, -0.1) is 0 Å². The standard InChI is InChI=1S/C16H19N3O3/c1-10(2)11(3)19-15(20)9-22-16(21)12-4-5-13-14(8-12)18-7-6-17-13/h4-8,10-11H,9H2,1-3H3,(H,19,20)/t11-/m1/s1. The van der Waals surface area contributed by atoms with Crippen molar-refractivity contribution >= 4 is 22.9 Å². The van der Waals surface area contributed by atoms with Gasteiger partial charge in [0.25, 0.3) is 5.91 Å². The fourth-order valence-electron chi connectivity index (χ4n) is 1.77. The van der Waals surface area contributed by atoms with E-state index in [4.69, 9.17) is 4.74 Å². The first kappa shape index (κ1) is 15.9. The van der Waals surface area contributed by atoms with Crippen LogP contribution in [0.25, 0.3) is 11.0 Å². The molecule has 2 rings (SSSR count). The molecule has 1 amide bonds. The summed E-state index contributed by atoms with van der Waals surface area (Å²) in [7, 11) is 0. The van der Waals surface area contributed by atoms with E-state index in [-0.39, 0.29) is 18.6 Å². The number of ether oxygens (including phenoxy) is 1. The molecule has 1 N–H and O–H groups in total. The number of benzene rings is 1. The lowest BCUT2D eigenvalue weighted by Crippen LogP contribution is -2.38. The molecule has 0 fully saturated rings. The monoisotopic (exact) mass is 301 g/mol. The largest absolute Gasteiger partial charge is 0.452 e. The van der Waals surface area contributed by atoms with Crippen LogP contribution in [-0.2, 0) is 9.53 Å². The second-order valence-electron chi connectivity index (χ2n) is 5.44. The zero-order valence-corrected chi connectivity index (χ0v) is 12.9. The topological polar surface area (TPSA) is 81.2 Å². The van der Waals surface area contributed by atoms with Crippen LogP contribution in [0.4, 0.5) is 0 Å². The molecule has 1 heterocycles. The number of amides is 1. The van der Waals surface area contributed by atoms with Crippen molar-refractivity contribution in [2.45, 2.75) is 26.8 Å². The highest BCUT2D eigenvalue weighted by atomic mass is 16.5. The second kappa shape index (κ2) is 6.98. The van der Waals surface area contributed by atoms with E-state index in [9.17, 15) is 9.59 Å². The number of nitrogens with one attached hydrogen (secondary N) is 1. The Labute approximate surface area is 128 Å². The van der Waals surface area contributed by atoms with Crippen LogP contribution in [0.15, 0.2) is 30.6 Å². The summed E-state index contributed by atoms with van der Waals surface area (Å²) in [6, 6.07) is 4.93. The zero-order valence-electron chi connectivity index (χ0n) is 12.9. The fourth-order valence-corrected chi connectivity index (χ4v) is 1.77. The highest BCUT2D eigenvalue weighted by molar-refractivity contribution is 5.94. The van der Waals surface area contributed by atoms with Crippen molar-refractivity contribution in [2.75, 3.05) is 6.61 Å². The lowest BCUT2D eigenvalue weighted by molar-refractivity contribution is -0.125. The molecule has 0 unspecified atom stereocenters. The molecule has 0 bridgehead atoms. The Morgan fingerprint density at radius 1 is 1.14 bits per heavy atom. The molecule has 0 saturated heterocycles. The van der Waals surface area contributed by atoms with Gasteiger partial charge in [-0.05, 0) is 31.0 Å². The van der Waals surface area contributed by atoms with Gasteiger partial charge < -0.3 is 10.1 Å². The molecule has 0 aliphatic carbocycles. The summed E-state index contributed by atoms with van der Waals surface area (Å²) in [6.45, 7) is 5.63. The summed E-state index contributed by atoms with van der Waals surface area (Å²) in [5.41, 5.74) is 1.65. The molecule has 2 aromatic rings. The number of hydrogen-bond donors (Lipinski definition) is 1. The minimum atomic E-state index is -0.556. The van der Waals surface area contributed by atoms with E-state index in [2.05, 4.69) is 15.3 Å². The van der Waals surface area contributed by atoms with Gasteiger partial charge in [-0.25, -0.2) is 4.79 Å². The maximum absolute atomic E-state index is 12.0. The van der Waals surface area contributed by atoms with E-state index in [1.165, 1.54) is 0 Å². The maximum atomic E-state index is 12.0. The summed E-state index contributed by atoms with van der Waals surface area (Å²) in [5, 5.41) is 2.78. The minimum Gasteiger partial charge on any atom is -0.452 e. The Morgan fingerprint density at radius 3 is 2.50 bits per heavy atom. The van der Waals surface area contributed by atoms with E-state index in [1.54, 1.807) is 30.6 Å². The molecule has 0 spiro atoms. The van der Waals surface area contributed by atoms with Crippen LogP contribution in [0.1, 0.15) is 31.1 Å². The first-order valence-electron chi connectivity index (χ1n) is 7.14. The number of carbonyl (C=O) groups is 2. The van der Waals surface area contributed by atoms with Gasteiger partial charge in [0.05, 0.1) is 16.6 Å². The van der Waals surface area contributed by atoms with Gasteiger partial charge in [0.15, 0.2) is 6.61 Å². The van der Waals surface area contributed by atoms with Crippen LogP contribution in [0.5, 0.6) is 0 Å². The minimum absolute atomic E-state index is 0.0298. The van der Waals surface area contributed by atoms with Gasteiger partial charge in [0, 0.05) is 18.4 Å². The first-order chi connectivity index (χ1) is 10.5. The van der Waals surface area contributed by atoms with E-state index < -0.39 is 5.97 Å². The van der Waals surface area contributed by atoms with Crippen LogP contribution in [0.2, 0.25) is 0 Å². The van der Waals surface area contributed by atoms with E-state index in [1.807, 2.05) is 20.8 Å². The number of aromatic nitrogens is 2. The van der Waals surface area contributed by atoms with E-state index in [0.717, 1.165) is 0 Å². The normalized spacial score (nSPS) is 12.2. The Hall–Kier alpha value is -2.50. The third-order valence-corrected chi connectivity index (χ3v) is 3.43. The number of carbonyl (C=O) groups excluding carboxylic acids is 2. The van der Waals surface area contributed by atoms with Crippen LogP contribution in [0.3, 0.4) is 0 Å². The van der Waals surface area contributed by atoms with Crippen LogP contribution >= 0.6 is 0 Å². The quantitative estimate of drug-likeness (QED) is 0.854. The van der Waals surface area contributed by atoms with Gasteiger partial charge in [0.2, 0.25) is 0 Å². The first-order valence-corrected chi connectivity index (χ1v) is 7.14. The van der Waals surface area contributed by atoms with E-state index in [0.29, 0.717) is 22.5 Å². The SMILES string of the molecule is CC(C)[C@@H](C)NC(=O)COC(=O)c1ccc2nccnc2c1. The highest BCUT2D eigenvalue weighted by Gasteiger charge is 2.14. The smallest absolute Gasteiger partial charge is 0.338 e. The Morgan fingerprint density at radius 2 is 1.82 bits per heavy atom. The number of nitrogens with zero attached hydrogens (tertiary/aromatic N) is 2. The number of esters is 1. The Balaban J connectivity index is 1.95. The molecule has 0 aliphatic rings. The predicted molar refractivity (Wildman–Crippen MR) is 82.3 cm³/mol. The molecule has 116 valence electrons. The van der Waals surface area contributed by atoms with Gasteiger partial charge in [-0.3, -0.25) is 14.8 Å². The molecule has 6 nitrogen and oxygen atoms in total. The van der Waals surface area contributed by atoms with Crippen LogP contribution in [-0.4, -0.2) is 34.5 Å². The van der Waals surface area contributed by atoms with Gasteiger partial charge in [-0.1, -0.05) is 13.8 Å². The number of fused-ring (bicyclic) bond motifs is 1. The molecule has 22 heavy (non-hydrogen) atoms. The summed E-state index contributed by atoms with van der Waals surface area (Å²) >= 11 is 0. The number of rotatable bonds is 5. The van der Waals surface area contributed by atoms with Crippen molar-refractivity contribution in [1.82, 2.24) is 15.3 Å². The van der Waals surface area contributed by atoms with Crippen LogP contribution in [0, 0.1) is 5.92 Å². The van der Waals surface area contributed by atoms with Crippen molar-refractivity contribution in [3.63, 3.8) is 0 Å². The van der Waals surface area contributed by atoms with Crippen molar-refractivity contribution < 1.29 is 14.3 Å². The molecular formula is C16H19N3O3. The molecule has 0 radical (unpaired) electrons. The molecule has 6 heteroatoms. The summed E-state index contributed by atoms with van der Waals surface area (Å²) in [5.74, 6) is -0.547. The molecular weight excluding hydrogens is 282 g/mol. The van der Waals surface area contributed by atoms with E-state index >= 15 is 0 Å². The summed E-state index contributed by atoms with van der Waals surface area (Å²) in [6.07, 6.45) is 3.14. The maximum Gasteiger partial charge on any atom is 0.338 e. The molecule has 0 aliphatic heterocycles. The lowest BCUT2D eigenvalue weighted by atomic mass is 10.1.